The molecule has 0 saturated carbocycles. The molecule has 0 bridgehead atoms. The van der Waals surface area contributed by atoms with Crippen molar-refractivity contribution < 1.29 is 4.92 Å². The summed E-state index contributed by atoms with van der Waals surface area (Å²) in [5, 5.41) is 23.7. The van der Waals surface area contributed by atoms with Gasteiger partial charge in [0.25, 0.3) is 0 Å². The molecule has 0 saturated heterocycles. The van der Waals surface area contributed by atoms with E-state index in [0.29, 0.717) is 12.3 Å². The van der Waals surface area contributed by atoms with Gasteiger partial charge in [-0.05, 0) is 36.5 Å². The van der Waals surface area contributed by atoms with E-state index in [1.165, 1.54) is 23.4 Å². The molecule has 0 atom stereocenters. The summed E-state index contributed by atoms with van der Waals surface area (Å²) in [6, 6.07) is 9.54. The summed E-state index contributed by atoms with van der Waals surface area (Å²) in [6.45, 7) is 4.51. The van der Waals surface area contributed by atoms with Gasteiger partial charge in [-0.15, -0.1) is 10.2 Å². The fraction of sp³-hybridized carbons (Fsp3) is 0.267. The maximum atomic E-state index is 10.6. The zero-order valence-electron chi connectivity index (χ0n) is 13.3. The van der Waals surface area contributed by atoms with Crippen molar-refractivity contribution in [2.45, 2.75) is 25.5 Å². The lowest BCUT2D eigenvalue weighted by Crippen LogP contribution is -2.04. The second kappa shape index (κ2) is 6.83. The van der Waals surface area contributed by atoms with Gasteiger partial charge in [-0.1, -0.05) is 23.9 Å². The molecule has 124 valence electrons. The Bertz CT molecular complexity index is 872. The van der Waals surface area contributed by atoms with Crippen LogP contribution in [0.1, 0.15) is 11.4 Å². The van der Waals surface area contributed by atoms with E-state index in [4.69, 9.17) is 0 Å². The number of aromatic nitrogens is 5. The Balaban J connectivity index is 1.71. The lowest BCUT2D eigenvalue weighted by molar-refractivity contribution is -0.389. The summed E-state index contributed by atoms with van der Waals surface area (Å²) in [4.78, 5) is 10.1. The molecule has 0 aliphatic heterocycles. The van der Waals surface area contributed by atoms with Gasteiger partial charge < -0.3 is 10.1 Å². The van der Waals surface area contributed by atoms with Gasteiger partial charge in [0.15, 0.2) is 5.16 Å². The van der Waals surface area contributed by atoms with Crippen LogP contribution in [0.4, 0.5) is 5.82 Å². The van der Waals surface area contributed by atoms with Gasteiger partial charge in [-0.2, -0.15) is 4.68 Å². The third kappa shape index (κ3) is 3.46. The second-order valence-electron chi connectivity index (χ2n) is 5.25. The van der Waals surface area contributed by atoms with Crippen LogP contribution in [0.3, 0.4) is 0 Å². The Morgan fingerprint density at radius 3 is 2.79 bits per heavy atom. The summed E-state index contributed by atoms with van der Waals surface area (Å²) in [6.07, 6.45) is 1.61. The number of thioether (sulfide) groups is 1. The second-order valence-corrected chi connectivity index (χ2v) is 6.31. The van der Waals surface area contributed by atoms with Crippen molar-refractivity contribution in [1.82, 2.24) is 24.5 Å². The summed E-state index contributed by atoms with van der Waals surface area (Å²) < 4.78 is 3.56. The SMILES string of the molecule is Cc1cccc(-n2c(C)nnc2SCCn2ccc([N+](=O)[O-])n2)c1. The Labute approximate surface area is 142 Å². The van der Waals surface area contributed by atoms with Crippen molar-refractivity contribution in [1.29, 1.82) is 0 Å². The molecule has 0 spiro atoms. The molecule has 0 aliphatic carbocycles. The number of aryl methyl sites for hydroxylation is 3. The van der Waals surface area contributed by atoms with Crippen LogP contribution in [-0.4, -0.2) is 35.2 Å². The van der Waals surface area contributed by atoms with E-state index in [0.717, 1.165) is 16.7 Å². The molecule has 0 radical (unpaired) electrons. The van der Waals surface area contributed by atoms with Gasteiger partial charge in [0.05, 0.1) is 23.9 Å². The van der Waals surface area contributed by atoms with Crippen LogP contribution in [0.25, 0.3) is 5.69 Å². The monoisotopic (exact) mass is 344 g/mol. The van der Waals surface area contributed by atoms with Gasteiger partial charge in [-0.25, -0.2) is 0 Å². The third-order valence-electron chi connectivity index (χ3n) is 3.42. The standard InChI is InChI=1S/C15H16N6O2S/c1-11-4-3-5-13(10-11)20-12(2)16-17-15(20)24-9-8-19-7-6-14(18-19)21(22)23/h3-7,10H,8-9H2,1-2H3. The molecule has 0 fully saturated rings. The summed E-state index contributed by atoms with van der Waals surface area (Å²) in [5.74, 6) is 1.36. The first-order valence-corrected chi connectivity index (χ1v) is 8.33. The minimum absolute atomic E-state index is 0.140. The summed E-state index contributed by atoms with van der Waals surface area (Å²) >= 11 is 1.54. The minimum Gasteiger partial charge on any atom is -0.358 e. The molecule has 8 nitrogen and oxygen atoms in total. The molecular formula is C15H16N6O2S. The lowest BCUT2D eigenvalue weighted by atomic mass is 10.2. The van der Waals surface area contributed by atoms with E-state index in [1.54, 1.807) is 10.9 Å². The molecule has 0 aliphatic rings. The number of hydrogen-bond acceptors (Lipinski definition) is 6. The highest BCUT2D eigenvalue weighted by Crippen LogP contribution is 2.22. The molecule has 0 amide bonds. The highest BCUT2D eigenvalue weighted by atomic mass is 32.2. The van der Waals surface area contributed by atoms with Gasteiger partial charge in [0, 0.05) is 11.4 Å². The molecule has 0 unspecified atom stereocenters. The molecule has 0 N–H and O–H groups in total. The maximum Gasteiger partial charge on any atom is 0.389 e. The van der Waals surface area contributed by atoms with Crippen LogP contribution < -0.4 is 0 Å². The van der Waals surface area contributed by atoms with Gasteiger partial charge >= 0.3 is 5.82 Å². The maximum absolute atomic E-state index is 10.6. The molecule has 3 rings (SSSR count). The fourth-order valence-electron chi connectivity index (χ4n) is 2.30. The van der Waals surface area contributed by atoms with E-state index in [2.05, 4.69) is 21.4 Å². The van der Waals surface area contributed by atoms with Crippen molar-refractivity contribution in [3.05, 3.63) is 58.0 Å². The lowest BCUT2D eigenvalue weighted by Gasteiger charge is -2.08. The van der Waals surface area contributed by atoms with Crippen molar-refractivity contribution in [3.63, 3.8) is 0 Å². The van der Waals surface area contributed by atoms with Crippen molar-refractivity contribution in [3.8, 4) is 5.69 Å². The first-order chi connectivity index (χ1) is 11.5. The Kier molecular flexibility index (Phi) is 4.61. The molecule has 1 aromatic carbocycles. The highest BCUT2D eigenvalue weighted by molar-refractivity contribution is 7.99. The fourth-order valence-corrected chi connectivity index (χ4v) is 3.23. The average Bonchev–Trinajstić information content (AvgIpc) is 3.15. The zero-order valence-corrected chi connectivity index (χ0v) is 14.1. The third-order valence-corrected chi connectivity index (χ3v) is 4.33. The van der Waals surface area contributed by atoms with E-state index in [9.17, 15) is 10.1 Å². The topological polar surface area (TPSA) is 91.7 Å². The first kappa shape index (κ1) is 16.2. The minimum atomic E-state index is -0.499. The smallest absolute Gasteiger partial charge is 0.358 e. The number of nitrogens with zero attached hydrogens (tertiary/aromatic N) is 6. The Morgan fingerprint density at radius 2 is 2.08 bits per heavy atom. The summed E-state index contributed by atoms with van der Waals surface area (Å²) in [5.41, 5.74) is 2.19. The number of benzene rings is 1. The van der Waals surface area contributed by atoms with Gasteiger partial charge in [0.2, 0.25) is 0 Å². The van der Waals surface area contributed by atoms with Crippen molar-refractivity contribution in [2.75, 3.05) is 5.75 Å². The van der Waals surface area contributed by atoms with E-state index < -0.39 is 4.92 Å². The van der Waals surface area contributed by atoms with E-state index in [-0.39, 0.29) is 5.82 Å². The number of nitro groups is 1. The zero-order chi connectivity index (χ0) is 17.1. The van der Waals surface area contributed by atoms with E-state index in [1.807, 2.05) is 36.6 Å². The van der Waals surface area contributed by atoms with Gasteiger partial charge in [-0.3, -0.25) is 4.57 Å². The molecule has 9 heteroatoms. The van der Waals surface area contributed by atoms with Crippen LogP contribution >= 0.6 is 11.8 Å². The molecule has 3 aromatic rings. The van der Waals surface area contributed by atoms with Gasteiger partial charge in [0.1, 0.15) is 5.82 Å². The average molecular weight is 344 g/mol. The van der Waals surface area contributed by atoms with Crippen LogP contribution in [0.15, 0.2) is 41.7 Å². The Hall–Kier alpha value is -2.68. The van der Waals surface area contributed by atoms with Crippen molar-refractivity contribution >= 4 is 17.6 Å². The molecule has 24 heavy (non-hydrogen) atoms. The number of rotatable bonds is 6. The largest absolute Gasteiger partial charge is 0.389 e. The predicted molar refractivity (Wildman–Crippen MR) is 90.4 cm³/mol. The Morgan fingerprint density at radius 1 is 1.25 bits per heavy atom. The molecule has 2 aromatic heterocycles. The summed E-state index contributed by atoms with van der Waals surface area (Å²) in [7, 11) is 0. The quantitative estimate of drug-likeness (QED) is 0.388. The van der Waals surface area contributed by atoms with Crippen LogP contribution in [0.2, 0.25) is 0 Å². The highest BCUT2D eigenvalue weighted by Gasteiger charge is 2.13. The number of hydrogen-bond donors (Lipinski definition) is 0. The molecular weight excluding hydrogens is 328 g/mol. The van der Waals surface area contributed by atoms with Crippen molar-refractivity contribution in [2.24, 2.45) is 0 Å². The van der Waals surface area contributed by atoms with Crippen LogP contribution in [0.5, 0.6) is 0 Å². The normalized spacial score (nSPS) is 10.9. The predicted octanol–water partition coefficient (Wildman–Crippen LogP) is 2.78. The van der Waals surface area contributed by atoms with Crippen LogP contribution in [0, 0.1) is 24.0 Å². The molecule has 2 heterocycles. The van der Waals surface area contributed by atoms with E-state index >= 15 is 0 Å². The van der Waals surface area contributed by atoms with Crippen LogP contribution in [-0.2, 0) is 6.54 Å². The first-order valence-electron chi connectivity index (χ1n) is 7.34.